The standard InChI is InChI=1S/C17H15NO6/c1-22-12-8-7-11-13(14(12)23-2)17(21)24-15(11)18-10-5-3-9(4-6-10)16(19)20/h3-8,15,18H,1-2H3,(H,19,20)/t15-/m0/s1. The van der Waals surface area contributed by atoms with Crippen molar-refractivity contribution < 1.29 is 28.9 Å². The molecule has 1 aliphatic rings. The summed E-state index contributed by atoms with van der Waals surface area (Å²) < 4.78 is 15.8. The maximum Gasteiger partial charge on any atom is 0.344 e. The molecule has 0 aromatic heterocycles. The molecule has 0 spiro atoms. The Morgan fingerprint density at radius 2 is 1.83 bits per heavy atom. The van der Waals surface area contributed by atoms with Crippen LogP contribution in [0, 0.1) is 0 Å². The quantitative estimate of drug-likeness (QED) is 0.814. The fourth-order valence-electron chi connectivity index (χ4n) is 2.57. The van der Waals surface area contributed by atoms with Crippen LogP contribution in [0.4, 0.5) is 5.69 Å². The number of esters is 1. The first kappa shape index (κ1) is 15.7. The lowest BCUT2D eigenvalue weighted by Gasteiger charge is -2.15. The molecule has 3 rings (SSSR count). The van der Waals surface area contributed by atoms with Crippen molar-refractivity contribution in [1.82, 2.24) is 0 Å². The van der Waals surface area contributed by atoms with Gasteiger partial charge >= 0.3 is 11.9 Å². The van der Waals surface area contributed by atoms with Gasteiger partial charge in [-0.05, 0) is 36.4 Å². The number of fused-ring (bicyclic) bond motifs is 1. The Hall–Kier alpha value is -3.22. The summed E-state index contributed by atoms with van der Waals surface area (Å²) in [7, 11) is 2.95. The predicted molar refractivity (Wildman–Crippen MR) is 84.7 cm³/mol. The number of cyclic esters (lactones) is 1. The summed E-state index contributed by atoms with van der Waals surface area (Å²) in [5, 5.41) is 12.0. The molecule has 0 amide bonds. The third-order valence-electron chi connectivity index (χ3n) is 3.72. The van der Waals surface area contributed by atoms with Crippen molar-refractivity contribution in [2.75, 3.05) is 19.5 Å². The maximum absolute atomic E-state index is 12.2. The maximum atomic E-state index is 12.2. The summed E-state index contributed by atoms with van der Waals surface area (Å²) in [5.41, 5.74) is 1.74. The number of nitrogens with one attached hydrogen (secondary N) is 1. The van der Waals surface area contributed by atoms with Crippen LogP contribution in [0.2, 0.25) is 0 Å². The molecule has 7 nitrogen and oxygen atoms in total. The molecule has 0 radical (unpaired) electrons. The topological polar surface area (TPSA) is 94.1 Å². The third kappa shape index (κ3) is 2.60. The third-order valence-corrected chi connectivity index (χ3v) is 3.72. The molecule has 0 unspecified atom stereocenters. The highest BCUT2D eigenvalue weighted by molar-refractivity contribution is 5.98. The van der Waals surface area contributed by atoms with Crippen LogP contribution >= 0.6 is 0 Å². The van der Waals surface area contributed by atoms with Crippen LogP contribution < -0.4 is 14.8 Å². The lowest BCUT2D eigenvalue weighted by molar-refractivity contribution is 0.0435. The number of anilines is 1. The molecule has 24 heavy (non-hydrogen) atoms. The van der Waals surface area contributed by atoms with E-state index in [-0.39, 0.29) is 5.56 Å². The zero-order valence-electron chi connectivity index (χ0n) is 13.0. The van der Waals surface area contributed by atoms with Gasteiger partial charge in [-0.15, -0.1) is 0 Å². The van der Waals surface area contributed by atoms with Gasteiger partial charge < -0.3 is 24.6 Å². The molecule has 0 saturated heterocycles. The van der Waals surface area contributed by atoms with Gasteiger partial charge in [0.15, 0.2) is 11.5 Å². The zero-order chi connectivity index (χ0) is 17.3. The Balaban J connectivity index is 1.91. The molecular weight excluding hydrogens is 314 g/mol. The zero-order valence-corrected chi connectivity index (χ0v) is 13.0. The second kappa shape index (κ2) is 6.11. The normalized spacial score (nSPS) is 15.4. The van der Waals surface area contributed by atoms with Gasteiger partial charge in [0.1, 0.15) is 5.56 Å². The van der Waals surface area contributed by atoms with Gasteiger partial charge in [0.2, 0.25) is 6.23 Å². The molecule has 1 atom stereocenters. The fourth-order valence-corrected chi connectivity index (χ4v) is 2.57. The van der Waals surface area contributed by atoms with Gasteiger partial charge in [0.05, 0.1) is 19.8 Å². The van der Waals surface area contributed by atoms with Crippen molar-refractivity contribution in [3.63, 3.8) is 0 Å². The van der Waals surface area contributed by atoms with E-state index >= 15 is 0 Å². The lowest BCUT2D eigenvalue weighted by Crippen LogP contribution is -2.10. The van der Waals surface area contributed by atoms with E-state index in [1.54, 1.807) is 24.3 Å². The minimum atomic E-state index is -1.00. The van der Waals surface area contributed by atoms with Crippen LogP contribution in [-0.2, 0) is 4.74 Å². The smallest absolute Gasteiger partial charge is 0.344 e. The van der Waals surface area contributed by atoms with Gasteiger partial charge in [-0.2, -0.15) is 0 Å². The van der Waals surface area contributed by atoms with Gasteiger partial charge in [0, 0.05) is 11.3 Å². The Morgan fingerprint density at radius 1 is 1.12 bits per heavy atom. The molecular formula is C17H15NO6. The van der Waals surface area contributed by atoms with Gasteiger partial charge in [-0.1, -0.05) is 0 Å². The largest absolute Gasteiger partial charge is 0.493 e. The summed E-state index contributed by atoms with van der Waals surface area (Å²) >= 11 is 0. The summed E-state index contributed by atoms with van der Waals surface area (Å²) in [6, 6.07) is 9.58. The molecule has 2 aromatic rings. The Labute approximate surface area is 137 Å². The fraction of sp³-hybridized carbons (Fsp3) is 0.176. The second-order valence-electron chi connectivity index (χ2n) is 5.08. The minimum Gasteiger partial charge on any atom is -0.493 e. The number of carboxylic acid groups (broad SMARTS) is 1. The summed E-state index contributed by atoms with van der Waals surface area (Å²) in [4.78, 5) is 23.1. The van der Waals surface area contributed by atoms with Crippen molar-refractivity contribution in [1.29, 1.82) is 0 Å². The number of carbonyl (C=O) groups excluding carboxylic acids is 1. The van der Waals surface area contributed by atoms with Crippen molar-refractivity contribution in [3.8, 4) is 11.5 Å². The van der Waals surface area contributed by atoms with Gasteiger partial charge in [-0.3, -0.25) is 0 Å². The van der Waals surface area contributed by atoms with E-state index in [9.17, 15) is 9.59 Å². The first-order valence-electron chi connectivity index (χ1n) is 7.11. The van der Waals surface area contributed by atoms with E-state index in [4.69, 9.17) is 19.3 Å². The SMILES string of the molecule is COc1ccc2c(c1OC)C(=O)O[C@@H]2Nc1ccc(C(=O)O)cc1. The van der Waals surface area contributed by atoms with E-state index in [1.807, 2.05) is 0 Å². The van der Waals surface area contributed by atoms with Crippen LogP contribution in [-0.4, -0.2) is 31.3 Å². The first-order valence-corrected chi connectivity index (χ1v) is 7.11. The molecule has 1 heterocycles. The summed E-state index contributed by atoms with van der Waals surface area (Å²) in [5.74, 6) is -0.749. The average molecular weight is 329 g/mol. The number of methoxy groups -OCH3 is 2. The van der Waals surface area contributed by atoms with Crippen LogP contribution in [0.1, 0.15) is 32.5 Å². The van der Waals surface area contributed by atoms with Gasteiger partial charge in [0.25, 0.3) is 0 Å². The van der Waals surface area contributed by atoms with Crippen LogP contribution in [0.15, 0.2) is 36.4 Å². The monoisotopic (exact) mass is 329 g/mol. The van der Waals surface area contributed by atoms with Gasteiger partial charge in [-0.25, -0.2) is 9.59 Å². The number of aromatic carboxylic acids is 1. The van der Waals surface area contributed by atoms with E-state index in [0.29, 0.717) is 28.3 Å². The van der Waals surface area contributed by atoms with E-state index < -0.39 is 18.2 Å². The molecule has 2 N–H and O–H groups in total. The van der Waals surface area contributed by atoms with Crippen LogP contribution in [0.3, 0.4) is 0 Å². The molecule has 0 saturated carbocycles. The molecule has 0 fully saturated rings. The van der Waals surface area contributed by atoms with Crippen molar-refractivity contribution in [2.45, 2.75) is 6.23 Å². The number of hydrogen-bond donors (Lipinski definition) is 2. The predicted octanol–water partition coefficient (Wildman–Crippen LogP) is 2.68. The van der Waals surface area contributed by atoms with Crippen molar-refractivity contribution in [3.05, 3.63) is 53.1 Å². The number of hydrogen-bond acceptors (Lipinski definition) is 6. The molecule has 7 heteroatoms. The second-order valence-corrected chi connectivity index (χ2v) is 5.08. The Morgan fingerprint density at radius 3 is 2.42 bits per heavy atom. The van der Waals surface area contributed by atoms with E-state index in [1.165, 1.54) is 26.4 Å². The molecule has 1 aliphatic heterocycles. The average Bonchev–Trinajstić information content (AvgIpc) is 2.90. The number of carbonyl (C=O) groups is 2. The minimum absolute atomic E-state index is 0.177. The lowest BCUT2D eigenvalue weighted by atomic mass is 10.1. The summed E-state index contributed by atoms with van der Waals surface area (Å²) in [6.07, 6.45) is -0.692. The molecule has 124 valence electrons. The first-order chi connectivity index (χ1) is 11.5. The van der Waals surface area contributed by atoms with Crippen molar-refractivity contribution in [2.24, 2.45) is 0 Å². The number of rotatable bonds is 5. The van der Waals surface area contributed by atoms with E-state index in [2.05, 4.69) is 5.32 Å². The molecule has 0 aliphatic carbocycles. The van der Waals surface area contributed by atoms with Crippen LogP contribution in [0.25, 0.3) is 0 Å². The van der Waals surface area contributed by atoms with Crippen molar-refractivity contribution >= 4 is 17.6 Å². The number of carboxylic acids is 1. The Kier molecular flexibility index (Phi) is 3.99. The molecule has 0 bridgehead atoms. The number of ether oxygens (including phenoxy) is 3. The highest BCUT2D eigenvalue weighted by Crippen LogP contribution is 2.41. The Bertz CT molecular complexity index is 799. The summed E-state index contributed by atoms with van der Waals surface area (Å²) in [6.45, 7) is 0. The highest BCUT2D eigenvalue weighted by Gasteiger charge is 2.35. The van der Waals surface area contributed by atoms with Crippen LogP contribution in [0.5, 0.6) is 11.5 Å². The highest BCUT2D eigenvalue weighted by atomic mass is 16.6. The van der Waals surface area contributed by atoms with E-state index in [0.717, 1.165) is 0 Å². The molecule has 2 aromatic carbocycles. The number of benzene rings is 2.